The number of carbonyl (C=O) groups excluding carboxylic acids is 1. The van der Waals surface area contributed by atoms with Crippen molar-refractivity contribution in [3.8, 4) is 0 Å². The van der Waals surface area contributed by atoms with Crippen LogP contribution >= 0.6 is 0 Å². The Hall–Kier alpha value is -2.38. The summed E-state index contributed by atoms with van der Waals surface area (Å²) in [4.78, 5) is 12.1. The molecule has 0 radical (unpaired) electrons. The molecule has 1 unspecified atom stereocenters. The number of carbonyl (C=O) groups is 1. The first-order chi connectivity index (χ1) is 11.8. The molecule has 0 fully saturated rings. The third kappa shape index (κ3) is 5.58. The zero-order valence-corrected chi connectivity index (χ0v) is 15.1. The van der Waals surface area contributed by atoms with Crippen molar-refractivity contribution in [3.63, 3.8) is 0 Å². The normalized spacial score (nSPS) is 12.6. The average molecular weight is 361 g/mol. The monoisotopic (exact) mass is 361 g/mol. The summed E-state index contributed by atoms with van der Waals surface area (Å²) >= 11 is 0. The minimum atomic E-state index is -3.74. The molecule has 134 valence electrons. The molecule has 0 saturated carbocycles. The molecule has 0 bridgehead atoms. The Balaban J connectivity index is 1.95. The molecular formula is C18H23N3O3S. The molecular weight excluding hydrogens is 338 g/mol. The summed E-state index contributed by atoms with van der Waals surface area (Å²) in [6.07, 6.45) is 0. The molecule has 25 heavy (non-hydrogen) atoms. The molecule has 2 aromatic rings. The maximum atomic E-state index is 12.1. The maximum absolute atomic E-state index is 12.1. The van der Waals surface area contributed by atoms with E-state index in [1.165, 1.54) is 29.8 Å². The van der Waals surface area contributed by atoms with Crippen molar-refractivity contribution >= 4 is 21.7 Å². The summed E-state index contributed by atoms with van der Waals surface area (Å²) in [5.41, 5.74) is 1.67. The second-order valence-corrected chi connectivity index (χ2v) is 7.73. The Labute approximate surface area is 148 Å². The van der Waals surface area contributed by atoms with Gasteiger partial charge in [-0.1, -0.05) is 44.2 Å². The molecule has 4 N–H and O–H groups in total. The number of hydrogen-bond acceptors (Lipinski definition) is 3. The highest BCUT2D eigenvalue weighted by molar-refractivity contribution is 7.89. The van der Waals surface area contributed by atoms with Gasteiger partial charge in [-0.05, 0) is 35.7 Å². The molecule has 7 heteroatoms. The van der Waals surface area contributed by atoms with Crippen LogP contribution in [0.15, 0.2) is 59.5 Å². The van der Waals surface area contributed by atoms with Gasteiger partial charge in [0.2, 0.25) is 10.0 Å². The van der Waals surface area contributed by atoms with Crippen molar-refractivity contribution in [1.29, 1.82) is 0 Å². The van der Waals surface area contributed by atoms with Gasteiger partial charge in [-0.3, -0.25) is 0 Å². The van der Waals surface area contributed by atoms with Crippen LogP contribution < -0.4 is 15.8 Å². The average Bonchev–Trinajstić information content (AvgIpc) is 2.55. The quantitative estimate of drug-likeness (QED) is 0.737. The summed E-state index contributed by atoms with van der Waals surface area (Å²) in [7, 11) is -3.74. The largest absolute Gasteiger partial charge is 0.337 e. The molecule has 0 heterocycles. The second kappa shape index (κ2) is 8.13. The topological polar surface area (TPSA) is 101 Å². The Bertz CT molecular complexity index is 803. The van der Waals surface area contributed by atoms with Crippen LogP contribution in [0, 0.1) is 5.92 Å². The van der Waals surface area contributed by atoms with Gasteiger partial charge in [-0.25, -0.2) is 18.4 Å². The third-order valence-electron chi connectivity index (χ3n) is 3.96. The molecule has 0 aliphatic heterocycles. The van der Waals surface area contributed by atoms with Crippen molar-refractivity contribution in [2.75, 3.05) is 11.9 Å². The van der Waals surface area contributed by atoms with E-state index in [4.69, 9.17) is 5.14 Å². The van der Waals surface area contributed by atoms with Gasteiger partial charge in [0.15, 0.2) is 0 Å². The van der Waals surface area contributed by atoms with Crippen molar-refractivity contribution < 1.29 is 13.2 Å². The molecule has 0 aliphatic rings. The van der Waals surface area contributed by atoms with Crippen LogP contribution in [-0.4, -0.2) is 21.0 Å². The van der Waals surface area contributed by atoms with Crippen LogP contribution in [0.1, 0.15) is 25.3 Å². The van der Waals surface area contributed by atoms with E-state index in [1.54, 1.807) is 0 Å². The first-order valence-corrected chi connectivity index (χ1v) is 9.54. The van der Waals surface area contributed by atoms with E-state index in [0.29, 0.717) is 18.2 Å². The Kier molecular flexibility index (Phi) is 6.17. The molecule has 0 aromatic heterocycles. The van der Waals surface area contributed by atoms with Crippen LogP contribution in [0.5, 0.6) is 0 Å². The van der Waals surface area contributed by atoms with Crippen molar-refractivity contribution in [1.82, 2.24) is 5.32 Å². The number of urea groups is 1. The highest BCUT2D eigenvalue weighted by atomic mass is 32.2. The fraction of sp³-hybridized carbons (Fsp3) is 0.278. The minimum absolute atomic E-state index is 0.00223. The highest BCUT2D eigenvalue weighted by Crippen LogP contribution is 2.23. The Morgan fingerprint density at radius 3 is 2.16 bits per heavy atom. The fourth-order valence-electron chi connectivity index (χ4n) is 2.54. The van der Waals surface area contributed by atoms with Crippen LogP contribution in [0.3, 0.4) is 0 Å². The zero-order valence-electron chi connectivity index (χ0n) is 14.3. The summed E-state index contributed by atoms with van der Waals surface area (Å²) in [6.45, 7) is 4.73. The molecule has 2 rings (SSSR count). The van der Waals surface area contributed by atoms with Gasteiger partial charge in [0.1, 0.15) is 0 Å². The van der Waals surface area contributed by atoms with Crippen LogP contribution in [0.4, 0.5) is 10.5 Å². The summed E-state index contributed by atoms with van der Waals surface area (Å²) in [5.74, 6) is 0.577. The Morgan fingerprint density at radius 1 is 1.04 bits per heavy atom. The maximum Gasteiger partial charge on any atom is 0.319 e. The first kappa shape index (κ1) is 19.0. The van der Waals surface area contributed by atoms with Gasteiger partial charge in [0.05, 0.1) is 4.90 Å². The fourth-order valence-corrected chi connectivity index (χ4v) is 3.06. The predicted molar refractivity (Wildman–Crippen MR) is 98.9 cm³/mol. The van der Waals surface area contributed by atoms with Gasteiger partial charge in [-0.15, -0.1) is 0 Å². The van der Waals surface area contributed by atoms with E-state index in [2.05, 4.69) is 36.6 Å². The highest BCUT2D eigenvalue weighted by Gasteiger charge is 2.16. The number of anilines is 1. The summed E-state index contributed by atoms with van der Waals surface area (Å²) in [6, 6.07) is 15.4. The molecule has 2 aromatic carbocycles. The predicted octanol–water partition coefficient (Wildman–Crippen LogP) is 2.90. The van der Waals surface area contributed by atoms with Gasteiger partial charge in [-0.2, -0.15) is 0 Å². The van der Waals surface area contributed by atoms with Crippen LogP contribution in [-0.2, 0) is 10.0 Å². The van der Waals surface area contributed by atoms with Gasteiger partial charge < -0.3 is 10.6 Å². The van der Waals surface area contributed by atoms with E-state index in [-0.39, 0.29) is 16.8 Å². The molecule has 0 saturated heterocycles. The van der Waals surface area contributed by atoms with E-state index >= 15 is 0 Å². The number of rotatable bonds is 6. The smallest absolute Gasteiger partial charge is 0.319 e. The lowest BCUT2D eigenvalue weighted by molar-refractivity contribution is 0.250. The summed E-state index contributed by atoms with van der Waals surface area (Å²) in [5, 5.41) is 10.6. The van der Waals surface area contributed by atoms with Gasteiger partial charge >= 0.3 is 6.03 Å². The zero-order chi connectivity index (χ0) is 18.4. The van der Waals surface area contributed by atoms with Crippen molar-refractivity contribution in [2.45, 2.75) is 24.7 Å². The number of primary sulfonamides is 1. The number of hydrogen-bond donors (Lipinski definition) is 3. The van der Waals surface area contributed by atoms with E-state index in [0.717, 1.165) is 0 Å². The number of nitrogens with one attached hydrogen (secondary N) is 2. The number of amides is 2. The van der Waals surface area contributed by atoms with E-state index in [9.17, 15) is 13.2 Å². The van der Waals surface area contributed by atoms with Crippen LogP contribution in [0.2, 0.25) is 0 Å². The van der Waals surface area contributed by atoms with Gasteiger partial charge in [0.25, 0.3) is 0 Å². The number of nitrogens with two attached hydrogens (primary N) is 1. The van der Waals surface area contributed by atoms with Gasteiger partial charge in [0, 0.05) is 18.2 Å². The molecule has 0 aliphatic carbocycles. The summed E-state index contributed by atoms with van der Waals surface area (Å²) < 4.78 is 22.4. The molecule has 6 nitrogen and oxygen atoms in total. The number of sulfonamides is 1. The van der Waals surface area contributed by atoms with Crippen molar-refractivity contribution in [2.24, 2.45) is 11.1 Å². The molecule has 2 amide bonds. The Morgan fingerprint density at radius 2 is 1.64 bits per heavy atom. The van der Waals surface area contributed by atoms with Crippen LogP contribution in [0.25, 0.3) is 0 Å². The first-order valence-electron chi connectivity index (χ1n) is 8.00. The van der Waals surface area contributed by atoms with E-state index < -0.39 is 10.0 Å². The second-order valence-electron chi connectivity index (χ2n) is 6.17. The number of benzene rings is 2. The minimum Gasteiger partial charge on any atom is -0.337 e. The lowest BCUT2D eigenvalue weighted by Gasteiger charge is -2.22. The standard InChI is InChI=1S/C18H23N3O3S/c1-13(2)17(14-6-4-3-5-7-14)12-20-18(22)21-15-8-10-16(11-9-15)25(19,23)24/h3-11,13,17H,12H2,1-2H3,(H2,19,23,24)(H2,20,21,22). The SMILES string of the molecule is CC(C)C(CNC(=O)Nc1ccc(S(N)(=O)=O)cc1)c1ccccc1. The lowest BCUT2D eigenvalue weighted by atomic mass is 9.88. The molecule has 1 atom stereocenters. The lowest BCUT2D eigenvalue weighted by Crippen LogP contribution is -2.33. The molecule has 0 spiro atoms. The third-order valence-corrected chi connectivity index (χ3v) is 4.88. The van der Waals surface area contributed by atoms with E-state index in [1.807, 2.05) is 18.2 Å². The van der Waals surface area contributed by atoms with Crippen molar-refractivity contribution in [3.05, 3.63) is 60.2 Å².